The number of hydrogen-bond donors (Lipinski definition) is 2. The van der Waals surface area contributed by atoms with Gasteiger partial charge in [-0.3, -0.25) is 0 Å². The summed E-state index contributed by atoms with van der Waals surface area (Å²) in [7, 11) is 0. The molecular formula is C25H38O4. The Labute approximate surface area is 176 Å². The molecule has 2 N–H and O–H groups in total. The SMILES string of the molecule is CC(=CCCC(=CCC(O)C1=CC(=O)OC1)CO)CCC1=C(C)CCCC1(C)C. The van der Waals surface area contributed by atoms with Gasteiger partial charge in [0, 0.05) is 11.6 Å². The molecule has 0 fully saturated rings. The Bertz CT molecular complexity index is 706. The van der Waals surface area contributed by atoms with E-state index in [1.807, 2.05) is 6.08 Å². The zero-order valence-corrected chi connectivity index (χ0v) is 18.6. The molecule has 0 aromatic carbocycles. The Morgan fingerprint density at radius 2 is 2.07 bits per heavy atom. The van der Waals surface area contributed by atoms with Gasteiger partial charge in [0.25, 0.3) is 0 Å². The summed E-state index contributed by atoms with van der Waals surface area (Å²) in [5, 5.41) is 19.7. The van der Waals surface area contributed by atoms with E-state index in [0.29, 0.717) is 17.4 Å². The van der Waals surface area contributed by atoms with E-state index in [4.69, 9.17) is 4.74 Å². The van der Waals surface area contributed by atoms with Crippen LogP contribution in [0.3, 0.4) is 0 Å². The van der Waals surface area contributed by atoms with Crippen molar-refractivity contribution in [1.82, 2.24) is 0 Å². The van der Waals surface area contributed by atoms with Gasteiger partial charge in [0.1, 0.15) is 6.61 Å². The first-order chi connectivity index (χ1) is 13.7. The lowest BCUT2D eigenvalue weighted by molar-refractivity contribution is -0.135. The number of cyclic esters (lactones) is 1. The average molecular weight is 403 g/mol. The molecule has 1 atom stereocenters. The molecule has 4 heteroatoms. The van der Waals surface area contributed by atoms with E-state index >= 15 is 0 Å². The van der Waals surface area contributed by atoms with E-state index < -0.39 is 12.1 Å². The van der Waals surface area contributed by atoms with E-state index in [1.54, 1.807) is 11.1 Å². The van der Waals surface area contributed by atoms with Crippen LogP contribution in [0.15, 0.2) is 46.1 Å². The van der Waals surface area contributed by atoms with Crippen molar-refractivity contribution < 1.29 is 19.7 Å². The molecule has 162 valence electrons. The number of hydrogen-bond acceptors (Lipinski definition) is 4. The summed E-state index contributed by atoms with van der Waals surface area (Å²) in [6.07, 6.45) is 12.9. The fraction of sp³-hybridized carbons (Fsp3) is 0.640. The van der Waals surface area contributed by atoms with Gasteiger partial charge in [-0.05, 0) is 76.2 Å². The van der Waals surface area contributed by atoms with E-state index in [2.05, 4.69) is 33.8 Å². The standard InChI is InChI=1S/C25H38O4/c1-18(10-12-22-19(2)8-6-14-25(22,3)4)7-5-9-20(16-26)11-13-23(27)21-15-24(28)29-17-21/h7,11,15,23,26-27H,5-6,8-10,12-14,16-17H2,1-4H3. The maximum Gasteiger partial charge on any atom is 0.331 e. The number of aliphatic hydroxyl groups is 2. The van der Waals surface area contributed by atoms with Crippen LogP contribution in [0.1, 0.15) is 79.1 Å². The summed E-state index contributed by atoms with van der Waals surface area (Å²) in [4.78, 5) is 11.1. The van der Waals surface area contributed by atoms with Crippen molar-refractivity contribution in [3.63, 3.8) is 0 Å². The number of rotatable bonds is 10. The Morgan fingerprint density at radius 1 is 1.31 bits per heavy atom. The Morgan fingerprint density at radius 3 is 2.69 bits per heavy atom. The first kappa shape index (κ1) is 23.6. The zero-order valence-electron chi connectivity index (χ0n) is 18.6. The highest BCUT2D eigenvalue weighted by molar-refractivity contribution is 5.85. The van der Waals surface area contributed by atoms with E-state index in [-0.39, 0.29) is 13.2 Å². The summed E-state index contributed by atoms with van der Waals surface area (Å²) >= 11 is 0. The number of carbonyl (C=O) groups excluding carboxylic acids is 1. The average Bonchev–Trinajstić information content (AvgIpc) is 3.09. The molecule has 1 aliphatic carbocycles. The first-order valence-electron chi connectivity index (χ1n) is 10.9. The molecule has 1 aliphatic heterocycles. The predicted octanol–water partition coefficient (Wildman–Crippen LogP) is 5.17. The molecule has 0 radical (unpaired) electrons. The van der Waals surface area contributed by atoms with Crippen LogP contribution in [0.5, 0.6) is 0 Å². The smallest absolute Gasteiger partial charge is 0.331 e. The molecule has 0 saturated carbocycles. The highest BCUT2D eigenvalue weighted by atomic mass is 16.5. The molecule has 2 aliphatic rings. The molecule has 1 unspecified atom stereocenters. The Balaban J connectivity index is 1.80. The lowest BCUT2D eigenvalue weighted by atomic mass is 9.71. The van der Waals surface area contributed by atoms with Crippen LogP contribution in [-0.4, -0.2) is 35.5 Å². The molecule has 29 heavy (non-hydrogen) atoms. The lowest BCUT2D eigenvalue weighted by Crippen LogP contribution is -2.20. The minimum Gasteiger partial charge on any atom is -0.458 e. The number of esters is 1. The number of aliphatic hydroxyl groups excluding tert-OH is 2. The third-order valence-electron chi connectivity index (χ3n) is 6.36. The predicted molar refractivity (Wildman–Crippen MR) is 117 cm³/mol. The molecule has 0 bridgehead atoms. The van der Waals surface area contributed by atoms with Crippen molar-refractivity contribution in [2.45, 2.75) is 85.2 Å². The molecule has 0 aromatic heterocycles. The topological polar surface area (TPSA) is 66.8 Å². The molecule has 2 rings (SSSR count). The van der Waals surface area contributed by atoms with Crippen LogP contribution in [0.2, 0.25) is 0 Å². The number of allylic oxidation sites excluding steroid dienone is 4. The molecular weight excluding hydrogens is 364 g/mol. The summed E-state index contributed by atoms with van der Waals surface area (Å²) in [5.74, 6) is -0.395. The zero-order chi connectivity index (χ0) is 21.4. The monoisotopic (exact) mass is 402 g/mol. The summed E-state index contributed by atoms with van der Waals surface area (Å²) in [6, 6.07) is 0. The van der Waals surface area contributed by atoms with Gasteiger partial charge < -0.3 is 14.9 Å². The third kappa shape index (κ3) is 7.27. The molecule has 0 aromatic rings. The molecule has 4 nitrogen and oxygen atoms in total. The molecule has 0 spiro atoms. The van der Waals surface area contributed by atoms with Crippen LogP contribution < -0.4 is 0 Å². The van der Waals surface area contributed by atoms with Crippen molar-refractivity contribution in [1.29, 1.82) is 0 Å². The van der Waals surface area contributed by atoms with Gasteiger partial charge in [0.15, 0.2) is 0 Å². The van der Waals surface area contributed by atoms with Crippen LogP contribution in [0, 0.1) is 5.41 Å². The second-order valence-electron chi connectivity index (χ2n) is 9.18. The Kier molecular flexibility index (Phi) is 8.91. The number of carbonyl (C=O) groups is 1. The summed E-state index contributed by atoms with van der Waals surface area (Å²) in [6.45, 7) is 9.40. The summed E-state index contributed by atoms with van der Waals surface area (Å²) in [5.41, 5.74) is 6.49. The molecule has 0 amide bonds. The highest BCUT2D eigenvalue weighted by Gasteiger charge is 2.27. The van der Waals surface area contributed by atoms with E-state index in [1.165, 1.54) is 30.9 Å². The summed E-state index contributed by atoms with van der Waals surface area (Å²) < 4.78 is 4.82. The van der Waals surface area contributed by atoms with Crippen molar-refractivity contribution in [3.8, 4) is 0 Å². The van der Waals surface area contributed by atoms with Crippen LogP contribution in [0.4, 0.5) is 0 Å². The van der Waals surface area contributed by atoms with Crippen molar-refractivity contribution in [2.24, 2.45) is 5.41 Å². The van der Waals surface area contributed by atoms with Gasteiger partial charge in [0.05, 0.1) is 12.7 Å². The quantitative estimate of drug-likeness (QED) is 0.391. The van der Waals surface area contributed by atoms with Gasteiger partial charge in [-0.1, -0.05) is 42.7 Å². The van der Waals surface area contributed by atoms with E-state index in [0.717, 1.165) is 31.3 Å². The highest BCUT2D eigenvalue weighted by Crippen LogP contribution is 2.42. The maximum atomic E-state index is 11.1. The fourth-order valence-corrected chi connectivity index (χ4v) is 4.41. The van der Waals surface area contributed by atoms with Gasteiger partial charge in [0.2, 0.25) is 0 Å². The van der Waals surface area contributed by atoms with Gasteiger partial charge in [-0.25, -0.2) is 4.79 Å². The Hall–Kier alpha value is -1.65. The van der Waals surface area contributed by atoms with E-state index in [9.17, 15) is 15.0 Å². The van der Waals surface area contributed by atoms with Crippen molar-refractivity contribution in [2.75, 3.05) is 13.2 Å². The normalized spacial score (nSPS) is 21.3. The molecule has 1 heterocycles. The first-order valence-corrected chi connectivity index (χ1v) is 10.9. The van der Waals surface area contributed by atoms with Gasteiger partial charge >= 0.3 is 5.97 Å². The minimum absolute atomic E-state index is 0.00560. The van der Waals surface area contributed by atoms with Crippen LogP contribution in [-0.2, 0) is 9.53 Å². The van der Waals surface area contributed by atoms with Crippen LogP contribution in [0.25, 0.3) is 0 Å². The minimum atomic E-state index is -0.726. The number of ether oxygens (including phenoxy) is 1. The van der Waals surface area contributed by atoms with Gasteiger partial charge in [-0.2, -0.15) is 0 Å². The van der Waals surface area contributed by atoms with Crippen LogP contribution >= 0.6 is 0 Å². The fourth-order valence-electron chi connectivity index (χ4n) is 4.41. The molecule has 0 saturated heterocycles. The second-order valence-corrected chi connectivity index (χ2v) is 9.18. The third-order valence-corrected chi connectivity index (χ3v) is 6.36. The second kappa shape index (κ2) is 10.9. The maximum absolute atomic E-state index is 11.1. The van der Waals surface area contributed by atoms with Gasteiger partial charge in [-0.15, -0.1) is 0 Å². The largest absolute Gasteiger partial charge is 0.458 e. The van der Waals surface area contributed by atoms with Crippen molar-refractivity contribution >= 4 is 5.97 Å². The van der Waals surface area contributed by atoms with Crippen molar-refractivity contribution in [3.05, 3.63) is 46.1 Å². The lowest BCUT2D eigenvalue weighted by Gasteiger charge is -2.35.